The quantitative estimate of drug-likeness (QED) is 0.613. The van der Waals surface area contributed by atoms with Gasteiger partial charge in [0.2, 0.25) is 0 Å². The van der Waals surface area contributed by atoms with E-state index in [0.717, 1.165) is 0 Å². The summed E-state index contributed by atoms with van der Waals surface area (Å²) in [6, 6.07) is 4.15. The standard InChI is InChI=1S/C11H11ClO5/c1-17-6-2-3-7(10(14)11(15)16)8(4-6)9(13)5-12/h2-4,10,14H,5H2,1H3,(H,15,16)/t10-/m0/s1. The molecule has 0 aliphatic carbocycles. The Hall–Kier alpha value is -1.59. The van der Waals surface area contributed by atoms with Gasteiger partial charge in [0.25, 0.3) is 0 Å². The van der Waals surface area contributed by atoms with Crippen LogP contribution in [0.2, 0.25) is 0 Å². The molecule has 0 spiro atoms. The van der Waals surface area contributed by atoms with E-state index in [0.29, 0.717) is 5.75 Å². The van der Waals surface area contributed by atoms with Crippen LogP contribution in [0.15, 0.2) is 18.2 Å². The van der Waals surface area contributed by atoms with Gasteiger partial charge in [0.05, 0.1) is 13.0 Å². The number of aliphatic carboxylic acids is 1. The third kappa shape index (κ3) is 2.95. The molecule has 0 saturated carbocycles. The summed E-state index contributed by atoms with van der Waals surface area (Å²) >= 11 is 5.42. The zero-order valence-electron chi connectivity index (χ0n) is 9.01. The topological polar surface area (TPSA) is 83.8 Å². The Labute approximate surface area is 103 Å². The molecule has 0 unspecified atom stereocenters. The number of halogens is 1. The fraction of sp³-hybridized carbons (Fsp3) is 0.273. The monoisotopic (exact) mass is 258 g/mol. The van der Waals surface area contributed by atoms with Crippen molar-refractivity contribution in [2.75, 3.05) is 13.0 Å². The van der Waals surface area contributed by atoms with Gasteiger partial charge in [0.1, 0.15) is 5.75 Å². The molecule has 1 aromatic rings. The molecule has 0 aromatic heterocycles. The molecule has 0 aliphatic heterocycles. The number of alkyl halides is 1. The van der Waals surface area contributed by atoms with E-state index in [2.05, 4.69) is 0 Å². The normalized spacial score (nSPS) is 11.9. The summed E-state index contributed by atoms with van der Waals surface area (Å²) in [7, 11) is 1.41. The number of hydrogen-bond donors (Lipinski definition) is 2. The van der Waals surface area contributed by atoms with Crippen LogP contribution in [0.1, 0.15) is 22.0 Å². The first-order chi connectivity index (χ1) is 8.01. The Kier molecular flexibility index (Phi) is 4.48. The lowest BCUT2D eigenvalue weighted by Gasteiger charge is -2.12. The van der Waals surface area contributed by atoms with Crippen molar-refractivity contribution in [1.29, 1.82) is 0 Å². The van der Waals surface area contributed by atoms with Gasteiger partial charge in [-0.3, -0.25) is 4.79 Å². The second-order valence-electron chi connectivity index (χ2n) is 3.25. The van der Waals surface area contributed by atoms with Crippen molar-refractivity contribution in [3.8, 4) is 5.75 Å². The minimum atomic E-state index is -1.76. The minimum Gasteiger partial charge on any atom is -0.497 e. The molecule has 1 rings (SSSR count). The van der Waals surface area contributed by atoms with Crippen LogP contribution in [0.4, 0.5) is 0 Å². The highest BCUT2D eigenvalue weighted by Crippen LogP contribution is 2.24. The predicted octanol–water partition coefficient (Wildman–Crippen LogP) is 1.23. The largest absolute Gasteiger partial charge is 0.497 e. The maximum Gasteiger partial charge on any atom is 0.337 e. The van der Waals surface area contributed by atoms with Crippen LogP contribution < -0.4 is 4.74 Å². The van der Waals surface area contributed by atoms with Crippen molar-refractivity contribution in [1.82, 2.24) is 0 Å². The molecule has 0 saturated heterocycles. The molecule has 5 nitrogen and oxygen atoms in total. The van der Waals surface area contributed by atoms with Crippen LogP contribution in [0.25, 0.3) is 0 Å². The SMILES string of the molecule is COc1ccc([C@H](O)C(=O)O)c(C(=O)CCl)c1. The molecule has 0 aliphatic rings. The molecule has 6 heteroatoms. The third-order valence-corrected chi connectivity index (χ3v) is 2.45. The van der Waals surface area contributed by atoms with E-state index in [1.807, 2.05) is 0 Å². The summed E-state index contributed by atoms with van der Waals surface area (Å²) in [5, 5.41) is 18.2. The molecule has 0 bridgehead atoms. The van der Waals surface area contributed by atoms with Crippen molar-refractivity contribution in [2.45, 2.75) is 6.10 Å². The molecular weight excluding hydrogens is 248 g/mol. The van der Waals surface area contributed by atoms with Crippen molar-refractivity contribution >= 4 is 23.4 Å². The predicted molar refractivity (Wildman–Crippen MR) is 60.6 cm³/mol. The maximum atomic E-state index is 11.5. The van der Waals surface area contributed by atoms with E-state index in [4.69, 9.17) is 21.4 Å². The van der Waals surface area contributed by atoms with Gasteiger partial charge in [-0.05, 0) is 12.1 Å². The number of benzene rings is 1. The third-order valence-electron chi connectivity index (χ3n) is 2.21. The Balaban J connectivity index is 3.29. The highest BCUT2D eigenvalue weighted by molar-refractivity contribution is 6.30. The second kappa shape index (κ2) is 5.65. The number of carboxylic acid groups (broad SMARTS) is 1. The van der Waals surface area contributed by atoms with Gasteiger partial charge < -0.3 is 14.9 Å². The van der Waals surface area contributed by atoms with Crippen molar-refractivity contribution in [3.05, 3.63) is 29.3 Å². The number of carboxylic acids is 1. The molecular formula is C11H11ClO5. The average Bonchev–Trinajstić information content (AvgIpc) is 2.35. The number of ether oxygens (including phenoxy) is 1. The smallest absolute Gasteiger partial charge is 0.337 e. The highest BCUT2D eigenvalue weighted by Gasteiger charge is 2.22. The zero-order valence-corrected chi connectivity index (χ0v) is 9.77. The van der Waals surface area contributed by atoms with Gasteiger partial charge in [-0.15, -0.1) is 11.6 Å². The maximum absolute atomic E-state index is 11.5. The summed E-state index contributed by atoms with van der Waals surface area (Å²) in [6.45, 7) is 0. The van der Waals surface area contributed by atoms with E-state index < -0.39 is 17.9 Å². The molecule has 0 radical (unpaired) electrons. The zero-order chi connectivity index (χ0) is 13.0. The highest BCUT2D eigenvalue weighted by atomic mass is 35.5. The summed E-state index contributed by atoms with van der Waals surface area (Å²) in [6.07, 6.45) is -1.76. The number of aliphatic hydroxyl groups is 1. The Bertz CT molecular complexity index is 443. The molecule has 1 atom stereocenters. The van der Waals surface area contributed by atoms with Crippen molar-refractivity contribution in [3.63, 3.8) is 0 Å². The van der Waals surface area contributed by atoms with Gasteiger partial charge in [0.15, 0.2) is 11.9 Å². The van der Waals surface area contributed by atoms with Gasteiger partial charge in [0, 0.05) is 11.1 Å². The molecule has 17 heavy (non-hydrogen) atoms. The van der Waals surface area contributed by atoms with Crippen LogP contribution in [0, 0.1) is 0 Å². The number of rotatable bonds is 5. The Morgan fingerprint density at radius 2 is 2.12 bits per heavy atom. The molecule has 0 heterocycles. The number of aliphatic hydroxyl groups excluding tert-OH is 1. The number of ketones is 1. The van der Waals surface area contributed by atoms with Gasteiger partial charge in [-0.1, -0.05) is 6.07 Å². The summed E-state index contributed by atoms with van der Waals surface area (Å²) < 4.78 is 4.92. The van der Waals surface area contributed by atoms with E-state index in [1.54, 1.807) is 0 Å². The van der Waals surface area contributed by atoms with Gasteiger partial charge in [-0.25, -0.2) is 4.79 Å². The molecule has 92 valence electrons. The lowest BCUT2D eigenvalue weighted by Crippen LogP contribution is -2.15. The summed E-state index contributed by atoms with van der Waals surface area (Å²) in [4.78, 5) is 22.2. The van der Waals surface area contributed by atoms with Crippen LogP contribution >= 0.6 is 11.6 Å². The average molecular weight is 259 g/mol. The van der Waals surface area contributed by atoms with Crippen LogP contribution in [0.3, 0.4) is 0 Å². The number of Topliss-reactive ketones (excluding diaryl/α,β-unsaturated/α-hetero) is 1. The number of carbonyl (C=O) groups excluding carboxylic acids is 1. The number of methoxy groups -OCH3 is 1. The number of hydrogen-bond acceptors (Lipinski definition) is 4. The molecule has 0 amide bonds. The van der Waals surface area contributed by atoms with Crippen molar-refractivity contribution < 1.29 is 24.5 Å². The van der Waals surface area contributed by atoms with Crippen LogP contribution in [-0.4, -0.2) is 35.0 Å². The van der Waals surface area contributed by atoms with Crippen LogP contribution in [0.5, 0.6) is 5.75 Å². The Morgan fingerprint density at radius 3 is 2.59 bits per heavy atom. The first kappa shape index (κ1) is 13.5. The summed E-state index contributed by atoms with van der Waals surface area (Å²) in [5.74, 6) is -1.81. The Morgan fingerprint density at radius 1 is 1.47 bits per heavy atom. The lowest BCUT2D eigenvalue weighted by molar-refractivity contribution is -0.146. The van der Waals surface area contributed by atoms with Gasteiger partial charge >= 0.3 is 5.97 Å². The van der Waals surface area contributed by atoms with E-state index in [9.17, 15) is 14.7 Å². The molecule has 1 aromatic carbocycles. The number of carbonyl (C=O) groups is 2. The first-order valence-corrected chi connectivity index (χ1v) is 5.22. The summed E-state index contributed by atoms with van der Waals surface area (Å²) in [5.41, 5.74) is 0.0539. The van der Waals surface area contributed by atoms with E-state index in [1.165, 1.54) is 25.3 Å². The second-order valence-corrected chi connectivity index (χ2v) is 3.52. The molecule has 2 N–H and O–H groups in total. The lowest BCUT2D eigenvalue weighted by atomic mass is 9.99. The molecule has 0 fully saturated rings. The van der Waals surface area contributed by atoms with Crippen LogP contribution in [-0.2, 0) is 4.79 Å². The van der Waals surface area contributed by atoms with Gasteiger partial charge in [-0.2, -0.15) is 0 Å². The van der Waals surface area contributed by atoms with Crippen molar-refractivity contribution in [2.24, 2.45) is 0 Å². The minimum absolute atomic E-state index is 0.00366. The first-order valence-electron chi connectivity index (χ1n) is 4.69. The van der Waals surface area contributed by atoms with E-state index >= 15 is 0 Å². The fourth-order valence-electron chi connectivity index (χ4n) is 1.35. The van der Waals surface area contributed by atoms with E-state index in [-0.39, 0.29) is 17.0 Å². The fourth-order valence-corrected chi connectivity index (χ4v) is 1.49.